The Morgan fingerprint density at radius 2 is 1.83 bits per heavy atom. The molecule has 0 amide bonds. The molecule has 0 bridgehead atoms. The zero-order valence-corrected chi connectivity index (χ0v) is 13.0. The van der Waals surface area contributed by atoms with Gasteiger partial charge in [-0.3, -0.25) is 0 Å². The molecule has 5 rings (SSSR count). The summed E-state index contributed by atoms with van der Waals surface area (Å²) in [4.78, 5) is 9.16. The molecular weight excluding hydrogens is 304 g/mol. The van der Waals surface area contributed by atoms with Crippen LogP contribution in [0, 0.1) is 0 Å². The summed E-state index contributed by atoms with van der Waals surface area (Å²) >= 11 is 0. The summed E-state index contributed by atoms with van der Waals surface area (Å²) in [6, 6.07) is 13.4. The van der Waals surface area contributed by atoms with Crippen LogP contribution in [-0.4, -0.2) is 26.4 Å². The second kappa shape index (κ2) is 5.33. The van der Waals surface area contributed by atoms with Crippen molar-refractivity contribution >= 4 is 0 Å². The Labute approximate surface area is 139 Å². The number of fused-ring (bicyclic) bond motifs is 1. The monoisotopic (exact) mass is 320 g/mol. The second-order valence-electron chi connectivity index (χ2n) is 6.07. The lowest BCUT2D eigenvalue weighted by atomic mass is 10.2. The summed E-state index contributed by atoms with van der Waals surface area (Å²) in [6.07, 6.45) is 3.75. The summed E-state index contributed by atoms with van der Waals surface area (Å²) in [7, 11) is 0. The first kappa shape index (κ1) is 13.5. The van der Waals surface area contributed by atoms with Crippen molar-refractivity contribution in [1.82, 2.24) is 19.7 Å². The fourth-order valence-corrected chi connectivity index (χ4v) is 2.86. The predicted molar refractivity (Wildman–Crippen MR) is 86.4 cm³/mol. The molecule has 1 fully saturated rings. The number of hydrogen-bond donors (Lipinski definition) is 0. The molecule has 1 aliphatic heterocycles. The van der Waals surface area contributed by atoms with Crippen LogP contribution in [0.1, 0.15) is 36.5 Å². The minimum Gasteiger partial charge on any atom is -0.485 e. The molecule has 3 aromatic rings. The highest BCUT2D eigenvalue weighted by molar-refractivity contribution is 5.41. The number of para-hydroxylation sites is 2. The molecule has 1 atom stereocenters. The smallest absolute Gasteiger partial charge is 0.192 e. The van der Waals surface area contributed by atoms with Crippen LogP contribution >= 0.6 is 0 Å². The molecule has 6 nitrogen and oxygen atoms in total. The predicted octanol–water partition coefficient (Wildman–Crippen LogP) is 3.05. The average molecular weight is 320 g/mol. The molecule has 0 N–H and O–H groups in total. The van der Waals surface area contributed by atoms with Crippen molar-refractivity contribution in [3.63, 3.8) is 0 Å². The first-order valence-corrected chi connectivity index (χ1v) is 8.15. The van der Waals surface area contributed by atoms with Gasteiger partial charge >= 0.3 is 0 Å². The van der Waals surface area contributed by atoms with E-state index in [4.69, 9.17) is 14.5 Å². The molecule has 0 unspecified atom stereocenters. The van der Waals surface area contributed by atoms with Crippen LogP contribution in [0.4, 0.5) is 0 Å². The molecule has 2 aliphatic rings. The van der Waals surface area contributed by atoms with Crippen molar-refractivity contribution in [2.45, 2.75) is 24.9 Å². The largest absolute Gasteiger partial charge is 0.485 e. The quantitative estimate of drug-likeness (QED) is 0.742. The third-order valence-electron chi connectivity index (χ3n) is 4.25. The minimum absolute atomic E-state index is 0.304. The Hall–Kier alpha value is -2.89. The van der Waals surface area contributed by atoms with Crippen LogP contribution in [0.5, 0.6) is 11.5 Å². The number of ether oxygens (including phenoxy) is 2. The van der Waals surface area contributed by atoms with E-state index in [2.05, 4.69) is 10.1 Å². The van der Waals surface area contributed by atoms with Gasteiger partial charge in [-0.1, -0.05) is 18.2 Å². The first-order valence-electron chi connectivity index (χ1n) is 8.15. The number of aromatic nitrogens is 4. The number of rotatable bonds is 3. The molecule has 0 radical (unpaired) electrons. The van der Waals surface area contributed by atoms with Gasteiger partial charge in [-0.05, 0) is 37.1 Å². The molecule has 0 saturated heterocycles. The molecule has 6 heteroatoms. The first-order chi connectivity index (χ1) is 11.9. The molecule has 1 aromatic carbocycles. The van der Waals surface area contributed by atoms with Crippen LogP contribution in [-0.2, 0) is 0 Å². The SMILES string of the molecule is c1ccc(-n2nc(C3CC3)nc2[C@H]2COc3ccccc3O2)nc1. The van der Waals surface area contributed by atoms with Gasteiger partial charge in [-0.25, -0.2) is 9.97 Å². The number of nitrogens with zero attached hydrogens (tertiary/aromatic N) is 4. The Morgan fingerprint density at radius 1 is 1.00 bits per heavy atom. The number of pyridine rings is 1. The fourth-order valence-electron chi connectivity index (χ4n) is 2.86. The molecule has 0 spiro atoms. The highest BCUT2D eigenvalue weighted by Gasteiger charge is 2.33. The normalized spacial score (nSPS) is 19.2. The van der Waals surface area contributed by atoms with Crippen molar-refractivity contribution in [3.8, 4) is 17.3 Å². The van der Waals surface area contributed by atoms with E-state index >= 15 is 0 Å². The van der Waals surface area contributed by atoms with Crippen LogP contribution in [0.2, 0.25) is 0 Å². The van der Waals surface area contributed by atoms with E-state index in [1.54, 1.807) is 10.9 Å². The lowest BCUT2D eigenvalue weighted by Gasteiger charge is -2.25. The van der Waals surface area contributed by atoms with Gasteiger partial charge in [0.25, 0.3) is 0 Å². The van der Waals surface area contributed by atoms with E-state index in [1.807, 2.05) is 42.5 Å². The maximum atomic E-state index is 6.12. The third-order valence-corrected chi connectivity index (χ3v) is 4.25. The van der Waals surface area contributed by atoms with E-state index in [-0.39, 0.29) is 6.10 Å². The zero-order valence-electron chi connectivity index (χ0n) is 13.0. The molecule has 3 heterocycles. The van der Waals surface area contributed by atoms with Crippen molar-refractivity contribution in [3.05, 3.63) is 60.3 Å². The van der Waals surface area contributed by atoms with Gasteiger partial charge in [0, 0.05) is 12.1 Å². The summed E-state index contributed by atoms with van der Waals surface area (Å²) in [5.74, 6) is 4.32. The lowest BCUT2D eigenvalue weighted by Crippen LogP contribution is -2.25. The molecule has 1 saturated carbocycles. The van der Waals surface area contributed by atoms with E-state index in [0.29, 0.717) is 12.5 Å². The maximum Gasteiger partial charge on any atom is 0.192 e. The maximum absolute atomic E-state index is 6.12. The number of hydrogen-bond acceptors (Lipinski definition) is 5. The fraction of sp³-hybridized carbons (Fsp3) is 0.278. The molecule has 24 heavy (non-hydrogen) atoms. The molecule has 2 aromatic heterocycles. The van der Waals surface area contributed by atoms with Gasteiger partial charge in [-0.15, -0.1) is 5.10 Å². The van der Waals surface area contributed by atoms with Crippen molar-refractivity contribution in [2.24, 2.45) is 0 Å². The van der Waals surface area contributed by atoms with Crippen molar-refractivity contribution in [1.29, 1.82) is 0 Å². The Balaban J connectivity index is 1.55. The Morgan fingerprint density at radius 3 is 2.62 bits per heavy atom. The Bertz CT molecular complexity index is 874. The van der Waals surface area contributed by atoms with Gasteiger partial charge in [-0.2, -0.15) is 4.68 Å². The van der Waals surface area contributed by atoms with Crippen LogP contribution in [0.15, 0.2) is 48.7 Å². The van der Waals surface area contributed by atoms with Crippen molar-refractivity contribution in [2.75, 3.05) is 6.61 Å². The molecule has 120 valence electrons. The van der Waals surface area contributed by atoms with Gasteiger partial charge in [0.2, 0.25) is 0 Å². The van der Waals surface area contributed by atoms with Crippen LogP contribution < -0.4 is 9.47 Å². The highest BCUT2D eigenvalue weighted by atomic mass is 16.6. The van der Waals surface area contributed by atoms with E-state index in [9.17, 15) is 0 Å². The topological polar surface area (TPSA) is 62.1 Å². The van der Waals surface area contributed by atoms with Gasteiger partial charge in [0.1, 0.15) is 6.61 Å². The molecule has 1 aliphatic carbocycles. The number of benzene rings is 1. The summed E-state index contributed by atoms with van der Waals surface area (Å²) in [5, 5.41) is 4.68. The van der Waals surface area contributed by atoms with E-state index in [1.165, 1.54) is 0 Å². The van der Waals surface area contributed by atoms with Crippen LogP contribution in [0.3, 0.4) is 0 Å². The van der Waals surface area contributed by atoms with Gasteiger partial charge < -0.3 is 9.47 Å². The van der Waals surface area contributed by atoms with Gasteiger partial charge in [0.05, 0.1) is 0 Å². The van der Waals surface area contributed by atoms with E-state index in [0.717, 1.165) is 41.8 Å². The molecular formula is C18H16N4O2. The average Bonchev–Trinajstić information content (AvgIpc) is 3.40. The standard InChI is InChI=1S/C18H16N4O2/c1-2-6-14-13(5-1)23-11-15(24-14)18-20-17(12-8-9-12)21-22(18)16-7-3-4-10-19-16/h1-7,10,12,15H,8-9,11H2/t15-/m1/s1. The summed E-state index contributed by atoms with van der Waals surface area (Å²) in [5.41, 5.74) is 0. The van der Waals surface area contributed by atoms with Gasteiger partial charge in [0.15, 0.2) is 35.1 Å². The van der Waals surface area contributed by atoms with E-state index < -0.39 is 0 Å². The minimum atomic E-state index is -0.304. The summed E-state index contributed by atoms with van der Waals surface area (Å²) < 4.78 is 13.7. The van der Waals surface area contributed by atoms with Crippen LogP contribution in [0.25, 0.3) is 5.82 Å². The van der Waals surface area contributed by atoms with Crippen molar-refractivity contribution < 1.29 is 9.47 Å². The third kappa shape index (κ3) is 2.31. The highest BCUT2D eigenvalue weighted by Crippen LogP contribution is 2.40. The summed E-state index contributed by atoms with van der Waals surface area (Å²) in [6.45, 7) is 0.409. The zero-order chi connectivity index (χ0) is 15.9. The second-order valence-corrected chi connectivity index (χ2v) is 6.07. The lowest BCUT2D eigenvalue weighted by molar-refractivity contribution is 0.0834. The Kier molecular flexibility index (Phi) is 3.01.